The first kappa shape index (κ1) is 27.1. The number of phenols is 1. The molecule has 0 radical (unpaired) electrons. The Morgan fingerprint density at radius 2 is 1.86 bits per heavy atom. The number of nitrogens with one attached hydrogen (secondary N) is 1. The molecule has 0 aliphatic heterocycles. The van der Waals surface area contributed by atoms with E-state index in [9.17, 15) is 13.5 Å². The van der Waals surface area contributed by atoms with Crippen molar-refractivity contribution in [2.24, 2.45) is 7.05 Å². The second-order valence-electron chi connectivity index (χ2n) is 7.93. The Balaban J connectivity index is 0.00000342. The SMILES string of the molecule is CCC(C)c1cc(O)c(-n2nc3ccccc3n2)cc1S(=O)(=O)NCCSc1nccc[n+]1C.[Br-]. The summed E-state index contributed by atoms with van der Waals surface area (Å²) in [5.74, 6) is 0.366. The highest BCUT2D eigenvalue weighted by Crippen LogP contribution is 2.34. The molecule has 2 heterocycles. The molecular weight excluding hydrogens is 552 g/mol. The summed E-state index contributed by atoms with van der Waals surface area (Å²) in [4.78, 5) is 5.69. The number of hydrogen-bond donors (Lipinski definition) is 2. The highest BCUT2D eigenvalue weighted by Gasteiger charge is 2.25. The van der Waals surface area contributed by atoms with E-state index in [0.717, 1.165) is 11.6 Å². The van der Waals surface area contributed by atoms with Gasteiger partial charge in [0.2, 0.25) is 10.0 Å². The van der Waals surface area contributed by atoms with E-state index < -0.39 is 10.0 Å². The van der Waals surface area contributed by atoms with Gasteiger partial charge in [-0.1, -0.05) is 26.0 Å². The molecule has 4 rings (SSSR count). The van der Waals surface area contributed by atoms with Gasteiger partial charge >= 0.3 is 5.16 Å². The topological polar surface area (TPSA) is 114 Å². The van der Waals surface area contributed by atoms with Crippen molar-refractivity contribution in [3.63, 3.8) is 0 Å². The average molecular weight is 580 g/mol. The predicted molar refractivity (Wildman–Crippen MR) is 131 cm³/mol. The quantitative estimate of drug-likeness (QED) is 0.124. The fourth-order valence-corrected chi connectivity index (χ4v) is 5.78. The van der Waals surface area contributed by atoms with Crippen LogP contribution in [0.2, 0.25) is 0 Å². The first-order valence-electron chi connectivity index (χ1n) is 10.9. The summed E-state index contributed by atoms with van der Waals surface area (Å²) in [6.07, 6.45) is 4.31. The lowest BCUT2D eigenvalue weighted by Gasteiger charge is -2.18. The summed E-state index contributed by atoms with van der Waals surface area (Å²) < 4.78 is 31.3. The van der Waals surface area contributed by atoms with Gasteiger partial charge in [0.1, 0.15) is 28.7 Å². The molecule has 12 heteroatoms. The van der Waals surface area contributed by atoms with E-state index in [1.165, 1.54) is 28.7 Å². The van der Waals surface area contributed by atoms with Gasteiger partial charge < -0.3 is 22.1 Å². The van der Waals surface area contributed by atoms with Crippen molar-refractivity contribution in [1.29, 1.82) is 0 Å². The number of aromatic nitrogens is 5. The molecule has 35 heavy (non-hydrogen) atoms. The number of fused-ring (bicyclic) bond motifs is 1. The largest absolute Gasteiger partial charge is 1.00 e. The Bertz CT molecular complexity index is 1400. The predicted octanol–water partition coefficient (Wildman–Crippen LogP) is -0.0663. The standard InChI is InChI=1S/C23H26N6O3S2.BrH/c1-4-16(2)17-14-21(30)20(29-26-18-8-5-6-9-19(18)27-29)15-22(17)34(31,32)25-11-13-33-23-24-10-7-12-28(23)3;/h5-10,12,14-16,25H,4,11,13H2,1-3H3;1H. The number of thioether (sulfide) groups is 1. The van der Waals surface area contributed by atoms with Crippen LogP contribution in [0, 0.1) is 0 Å². The molecule has 4 aromatic rings. The number of phenolic OH excluding ortho intramolecular Hbond substituents is 1. The zero-order valence-corrected chi connectivity index (χ0v) is 22.8. The van der Waals surface area contributed by atoms with Crippen LogP contribution in [0.3, 0.4) is 0 Å². The van der Waals surface area contributed by atoms with Crippen LogP contribution in [0.15, 0.2) is 64.9 Å². The Labute approximate surface area is 219 Å². The third-order valence-electron chi connectivity index (χ3n) is 5.55. The van der Waals surface area contributed by atoms with E-state index in [0.29, 0.717) is 22.3 Å². The van der Waals surface area contributed by atoms with E-state index in [4.69, 9.17) is 0 Å². The summed E-state index contributed by atoms with van der Waals surface area (Å²) in [7, 11) is -1.97. The zero-order valence-electron chi connectivity index (χ0n) is 19.6. The van der Waals surface area contributed by atoms with Gasteiger partial charge in [0.15, 0.2) is 0 Å². The monoisotopic (exact) mass is 578 g/mol. The van der Waals surface area contributed by atoms with E-state index in [-0.39, 0.29) is 45.8 Å². The molecular formula is C23H27BrN6O3S2. The molecule has 0 spiro atoms. The number of aryl methyl sites for hydroxylation is 1. The van der Waals surface area contributed by atoms with Crippen LogP contribution in [0.4, 0.5) is 0 Å². The fraction of sp³-hybridized carbons (Fsp3) is 0.304. The van der Waals surface area contributed by atoms with Gasteiger partial charge in [-0.15, -0.1) is 15.0 Å². The van der Waals surface area contributed by atoms with Crippen LogP contribution >= 0.6 is 11.8 Å². The van der Waals surface area contributed by atoms with E-state index in [2.05, 4.69) is 19.9 Å². The summed E-state index contributed by atoms with van der Waals surface area (Å²) >= 11 is 1.46. The van der Waals surface area contributed by atoms with E-state index in [1.807, 2.05) is 62.0 Å². The highest BCUT2D eigenvalue weighted by atomic mass is 79.9. The van der Waals surface area contributed by atoms with Crippen LogP contribution in [0.25, 0.3) is 16.7 Å². The third-order valence-corrected chi connectivity index (χ3v) is 8.13. The molecule has 1 atom stereocenters. The van der Waals surface area contributed by atoms with Crippen LogP contribution < -0.4 is 26.3 Å². The summed E-state index contributed by atoms with van der Waals surface area (Å²) in [6.45, 7) is 4.14. The lowest BCUT2D eigenvalue weighted by Crippen LogP contribution is -3.00. The number of halogens is 1. The highest BCUT2D eigenvalue weighted by molar-refractivity contribution is 7.99. The number of sulfonamides is 1. The molecule has 1 unspecified atom stereocenters. The van der Waals surface area contributed by atoms with Crippen LogP contribution in [-0.4, -0.2) is 45.8 Å². The molecule has 2 aromatic carbocycles. The van der Waals surface area contributed by atoms with Crippen molar-refractivity contribution in [3.8, 4) is 11.4 Å². The van der Waals surface area contributed by atoms with Crippen LogP contribution in [-0.2, 0) is 17.1 Å². The molecule has 186 valence electrons. The minimum absolute atomic E-state index is 0. The van der Waals surface area contributed by atoms with Gasteiger partial charge in [-0.2, -0.15) is 0 Å². The normalized spacial score (nSPS) is 12.4. The maximum Gasteiger partial charge on any atom is 0.358 e. The number of nitrogens with zero attached hydrogens (tertiary/aromatic N) is 5. The van der Waals surface area contributed by atoms with Gasteiger partial charge in [0, 0.05) is 18.4 Å². The summed E-state index contributed by atoms with van der Waals surface area (Å²) in [5, 5.41) is 20.3. The molecule has 0 saturated heterocycles. The molecule has 2 aromatic heterocycles. The molecule has 9 nitrogen and oxygen atoms in total. The lowest BCUT2D eigenvalue weighted by molar-refractivity contribution is -0.713. The molecule has 0 bridgehead atoms. The fourth-order valence-electron chi connectivity index (χ4n) is 3.50. The number of benzene rings is 2. The number of aromatic hydroxyl groups is 1. The number of hydrogen-bond acceptors (Lipinski definition) is 7. The van der Waals surface area contributed by atoms with Crippen molar-refractivity contribution in [2.75, 3.05) is 12.3 Å². The molecule has 0 fully saturated rings. The summed E-state index contributed by atoms with van der Waals surface area (Å²) in [5.41, 5.74) is 2.06. The van der Waals surface area contributed by atoms with Crippen molar-refractivity contribution >= 4 is 32.8 Å². The molecule has 2 N–H and O–H groups in total. The maximum absolute atomic E-state index is 13.3. The van der Waals surface area contributed by atoms with Crippen molar-refractivity contribution < 1.29 is 35.1 Å². The first-order chi connectivity index (χ1) is 16.3. The van der Waals surface area contributed by atoms with Gasteiger partial charge in [-0.05, 0) is 58.9 Å². The Morgan fingerprint density at radius 3 is 2.49 bits per heavy atom. The third kappa shape index (κ3) is 6.00. The van der Waals surface area contributed by atoms with Gasteiger partial charge in [0.05, 0.1) is 18.1 Å². The van der Waals surface area contributed by atoms with Crippen LogP contribution in [0.5, 0.6) is 5.75 Å². The van der Waals surface area contributed by atoms with Crippen molar-refractivity contribution in [2.45, 2.75) is 36.2 Å². The first-order valence-corrected chi connectivity index (χ1v) is 13.4. The molecule has 0 amide bonds. The van der Waals surface area contributed by atoms with Crippen molar-refractivity contribution in [3.05, 3.63) is 60.4 Å². The minimum Gasteiger partial charge on any atom is -1.00 e. The number of rotatable bonds is 9. The second kappa shape index (κ2) is 11.5. The van der Waals surface area contributed by atoms with Crippen molar-refractivity contribution in [1.82, 2.24) is 24.7 Å². The Hall–Kier alpha value is -2.54. The Morgan fingerprint density at radius 1 is 1.17 bits per heavy atom. The van der Waals surface area contributed by atoms with Gasteiger partial charge in [-0.25, -0.2) is 17.7 Å². The molecule has 0 aliphatic rings. The Kier molecular flexibility index (Phi) is 8.86. The van der Waals surface area contributed by atoms with E-state index in [1.54, 1.807) is 6.20 Å². The zero-order chi connectivity index (χ0) is 24.3. The molecule has 0 saturated carbocycles. The molecule has 0 aliphatic carbocycles. The smallest absolute Gasteiger partial charge is 0.358 e. The summed E-state index contributed by atoms with van der Waals surface area (Å²) in [6, 6.07) is 12.1. The van der Waals surface area contributed by atoms with E-state index >= 15 is 0 Å². The van der Waals surface area contributed by atoms with Gasteiger partial charge in [0.25, 0.3) is 0 Å². The van der Waals surface area contributed by atoms with Gasteiger partial charge in [-0.3, -0.25) is 0 Å². The maximum atomic E-state index is 13.3. The minimum atomic E-state index is -3.86. The average Bonchev–Trinajstić information content (AvgIpc) is 3.26. The second-order valence-corrected chi connectivity index (χ2v) is 10.7. The lowest BCUT2D eigenvalue weighted by atomic mass is 9.98. The van der Waals surface area contributed by atoms with Crippen LogP contribution in [0.1, 0.15) is 31.7 Å².